The fraction of sp³-hybridized carbons (Fsp3) is 0.875. The Kier molecular flexibility index (Phi) is 4.91. The first kappa shape index (κ1) is 15.0. The molecule has 0 amide bonds. The summed E-state index contributed by atoms with van der Waals surface area (Å²) in [5, 5.41) is 7.75. The maximum atomic E-state index is 6.04. The van der Waals surface area contributed by atoms with Gasteiger partial charge in [0, 0.05) is 12.6 Å². The van der Waals surface area contributed by atoms with E-state index in [4.69, 9.17) is 9.26 Å². The molecule has 0 aliphatic heterocycles. The Hall–Kier alpha value is -0.940. The zero-order valence-electron chi connectivity index (χ0n) is 13.1. The van der Waals surface area contributed by atoms with E-state index in [0.717, 1.165) is 18.7 Å². The molecular formula is C16H27N3O2. The van der Waals surface area contributed by atoms with Crippen LogP contribution >= 0.6 is 0 Å². The third-order valence-electron chi connectivity index (χ3n) is 4.85. The number of hydrogen-bond donors (Lipinski definition) is 1. The molecule has 1 aromatic rings. The number of nitrogens with zero attached hydrogens (tertiary/aromatic N) is 2. The van der Waals surface area contributed by atoms with Crippen molar-refractivity contribution in [3.05, 3.63) is 11.7 Å². The van der Waals surface area contributed by atoms with Gasteiger partial charge in [-0.05, 0) is 32.6 Å². The van der Waals surface area contributed by atoms with E-state index in [1.807, 2.05) is 6.92 Å². The first-order valence-corrected chi connectivity index (χ1v) is 8.53. The van der Waals surface area contributed by atoms with Crippen molar-refractivity contribution in [3.63, 3.8) is 0 Å². The molecule has 2 fully saturated rings. The highest BCUT2D eigenvalue weighted by molar-refractivity contribution is 5.03. The molecule has 1 N–H and O–H groups in total. The first-order chi connectivity index (χ1) is 10.3. The van der Waals surface area contributed by atoms with E-state index in [2.05, 4.69) is 15.5 Å². The first-order valence-electron chi connectivity index (χ1n) is 8.53. The molecule has 1 aromatic heterocycles. The van der Waals surface area contributed by atoms with Gasteiger partial charge in [0.05, 0.1) is 6.54 Å². The highest BCUT2D eigenvalue weighted by Gasteiger charge is 2.39. The largest absolute Gasteiger partial charge is 0.367 e. The van der Waals surface area contributed by atoms with Crippen molar-refractivity contribution in [1.29, 1.82) is 0 Å². The average Bonchev–Trinajstić information content (AvgIpc) is 3.18. The van der Waals surface area contributed by atoms with Gasteiger partial charge in [-0.25, -0.2) is 0 Å². The van der Waals surface area contributed by atoms with Gasteiger partial charge in [0.2, 0.25) is 11.7 Å². The molecule has 0 atom stereocenters. The molecule has 0 bridgehead atoms. The predicted octanol–water partition coefficient (Wildman–Crippen LogP) is 3.30. The summed E-state index contributed by atoms with van der Waals surface area (Å²) in [5.41, 5.74) is -0.303. The van der Waals surface area contributed by atoms with Crippen molar-refractivity contribution in [3.8, 4) is 0 Å². The van der Waals surface area contributed by atoms with Gasteiger partial charge < -0.3 is 14.6 Å². The molecule has 0 unspecified atom stereocenters. The monoisotopic (exact) mass is 293 g/mol. The fourth-order valence-electron chi connectivity index (χ4n) is 3.70. The lowest BCUT2D eigenvalue weighted by Gasteiger charge is -2.33. The Morgan fingerprint density at radius 3 is 2.67 bits per heavy atom. The van der Waals surface area contributed by atoms with Crippen LogP contribution in [0.3, 0.4) is 0 Å². The summed E-state index contributed by atoms with van der Waals surface area (Å²) in [6.45, 7) is 3.42. The number of aromatic nitrogens is 2. The number of nitrogens with one attached hydrogen (secondary N) is 1. The smallest absolute Gasteiger partial charge is 0.240 e. The second kappa shape index (κ2) is 6.88. The van der Waals surface area contributed by atoms with Gasteiger partial charge in [-0.15, -0.1) is 0 Å². The zero-order chi connectivity index (χ0) is 14.5. The highest BCUT2D eigenvalue weighted by atomic mass is 16.5. The second-order valence-electron chi connectivity index (χ2n) is 6.36. The van der Waals surface area contributed by atoms with E-state index in [0.29, 0.717) is 25.1 Å². The fourth-order valence-corrected chi connectivity index (χ4v) is 3.70. The van der Waals surface area contributed by atoms with Crippen molar-refractivity contribution >= 4 is 0 Å². The van der Waals surface area contributed by atoms with E-state index >= 15 is 0 Å². The van der Waals surface area contributed by atoms with Crippen LogP contribution in [0.5, 0.6) is 0 Å². The summed E-state index contributed by atoms with van der Waals surface area (Å²) in [6, 6.07) is 0.621. The Morgan fingerprint density at radius 2 is 1.95 bits per heavy atom. The Balaban J connectivity index is 1.64. The lowest BCUT2D eigenvalue weighted by molar-refractivity contribution is -0.0777. The highest BCUT2D eigenvalue weighted by Crippen LogP contribution is 2.39. The number of hydrogen-bond acceptors (Lipinski definition) is 5. The Labute approximate surface area is 126 Å². The van der Waals surface area contributed by atoms with Crippen LogP contribution < -0.4 is 5.32 Å². The lowest BCUT2D eigenvalue weighted by Crippen LogP contribution is -2.33. The molecule has 3 rings (SSSR count). The van der Waals surface area contributed by atoms with Crippen LogP contribution in [0.25, 0.3) is 0 Å². The third-order valence-corrected chi connectivity index (χ3v) is 4.85. The zero-order valence-corrected chi connectivity index (χ0v) is 13.1. The molecule has 0 saturated heterocycles. The molecule has 0 spiro atoms. The van der Waals surface area contributed by atoms with Crippen molar-refractivity contribution in [1.82, 2.24) is 15.5 Å². The van der Waals surface area contributed by atoms with Crippen molar-refractivity contribution in [2.45, 2.75) is 82.9 Å². The molecule has 1 heterocycles. The van der Waals surface area contributed by atoms with Crippen LogP contribution in [-0.2, 0) is 16.9 Å². The number of ether oxygens (including phenoxy) is 1. The molecule has 5 nitrogen and oxygen atoms in total. The minimum Gasteiger partial charge on any atom is -0.367 e. The van der Waals surface area contributed by atoms with E-state index in [-0.39, 0.29) is 5.60 Å². The Morgan fingerprint density at radius 1 is 1.19 bits per heavy atom. The molecule has 2 aliphatic rings. The van der Waals surface area contributed by atoms with Gasteiger partial charge in [0.15, 0.2) is 0 Å². The van der Waals surface area contributed by atoms with Gasteiger partial charge in [0.25, 0.3) is 0 Å². The van der Waals surface area contributed by atoms with E-state index in [1.54, 1.807) is 0 Å². The van der Waals surface area contributed by atoms with E-state index in [9.17, 15) is 0 Å². The van der Waals surface area contributed by atoms with Gasteiger partial charge in [-0.1, -0.05) is 37.3 Å². The minimum atomic E-state index is -0.303. The quantitative estimate of drug-likeness (QED) is 0.872. The maximum Gasteiger partial charge on any atom is 0.240 e. The molecule has 21 heavy (non-hydrogen) atoms. The molecule has 118 valence electrons. The SMILES string of the molecule is CCOC1(c2noc(CNC3CCCC3)n2)CCCCC1. The van der Waals surface area contributed by atoms with Crippen LogP contribution in [0.2, 0.25) is 0 Å². The molecule has 0 radical (unpaired) electrons. The molecular weight excluding hydrogens is 266 g/mol. The minimum absolute atomic E-state index is 0.303. The maximum absolute atomic E-state index is 6.04. The summed E-state index contributed by atoms with van der Waals surface area (Å²) in [6.07, 6.45) is 10.9. The molecule has 0 aromatic carbocycles. The summed E-state index contributed by atoms with van der Waals surface area (Å²) in [7, 11) is 0. The van der Waals surface area contributed by atoms with Gasteiger partial charge in [-0.3, -0.25) is 0 Å². The van der Waals surface area contributed by atoms with E-state index < -0.39 is 0 Å². The van der Waals surface area contributed by atoms with Gasteiger partial charge in [-0.2, -0.15) is 4.98 Å². The average molecular weight is 293 g/mol. The second-order valence-corrected chi connectivity index (χ2v) is 6.36. The third kappa shape index (κ3) is 3.46. The van der Waals surface area contributed by atoms with Gasteiger partial charge >= 0.3 is 0 Å². The topological polar surface area (TPSA) is 60.2 Å². The van der Waals surface area contributed by atoms with Crippen molar-refractivity contribution < 1.29 is 9.26 Å². The summed E-state index contributed by atoms with van der Waals surface area (Å²) < 4.78 is 11.5. The van der Waals surface area contributed by atoms with Gasteiger partial charge in [0.1, 0.15) is 5.60 Å². The Bertz CT molecular complexity index is 429. The summed E-state index contributed by atoms with van der Waals surface area (Å²) >= 11 is 0. The van der Waals surface area contributed by atoms with Crippen molar-refractivity contribution in [2.24, 2.45) is 0 Å². The van der Waals surface area contributed by atoms with Crippen LogP contribution in [0.1, 0.15) is 76.4 Å². The summed E-state index contributed by atoms with van der Waals surface area (Å²) in [5.74, 6) is 1.45. The predicted molar refractivity (Wildman–Crippen MR) is 79.8 cm³/mol. The van der Waals surface area contributed by atoms with Crippen LogP contribution in [0, 0.1) is 0 Å². The lowest BCUT2D eigenvalue weighted by atomic mass is 9.84. The van der Waals surface area contributed by atoms with Crippen molar-refractivity contribution in [2.75, 3.05) is 6.61 Å². The normalized spacial score (nSPS) is 22.7. The van der Waals surface area contributed by atoms with Crippen LogP contribution in [0.4, 0.5) is 0 Å². The van der Waals surface area contributed by atoms with Crippen LogP contribution in [0.15, 0.2) is 4.52 Å². The van der Waals surface area contributed by atoms with Crippen LogP contribution in [-0.4, -0.2) is 22.8 Å². The number of rotatable bonds is 6. The van der Waals surface area contributed by atoms with E-state index in [1.165, 1.54) is 44.9 Å². The summed E-state index contributed by atoms with van der Waals surface area (Å²) in [4.78, 5) is 4.62. The molecule has 5 heteroatoms. The molecule has 2 saturated carbocycles. The molecule has 2 aliphatic carbocycles. The standard InChI is InChI=1S/C16H27N3O2/c1-2-20-16(10-6-3-7-11-16)15-18-14(21-19-15)12-17-13-8-4-5-9-13/h13,17H,2-12H2,1H3.